The van der Waals surface area contributed by atoms with Gasteiger partial charge in [-0.15, -0.1) is 0 Å². The second-order valence-corrected chi connectivity index (χ2v) is 7.45. The third-order valence-electron chi connectivity index (χ3n) is 5.16. The third-order valence-corrected chi connectivity index (χ3v) is 5.16. The van der Waals surface area contributed by atoms with Crippen LogP contribution in [-0.4, -0.2) is 31.0 Å². The van der Waals surface area contributed by atoms with Gasteiger partial charge in [0.15, 0.2) is 0 Å². The molecule has 1 amide bonds. The fraction of sp³-hybridized carbons (Fsp3) is 0.588. The van der Waals surface area contributed by atoms with Crippen molar-refractivity contribution in [2.75, 3.05) is 6.61 Å². The van der Waals surface area contributed by atoms with Crippen LogP contribution in [0.4, 0.5) is 4.79 Å². The van der Waals surface area contributed by atoms with E-state index in [1.54, 1.807) is 0 Å². The molecule has 2 aliphatic rings. The molecule has 6 heteroatoms. The van der Waals surface area contributed by atoms with Crippen LogP contribution in [0, 0.1) is 13.8 Å². The summed E-state index contributed by atoms with van der Waals surface area (Å²) in [6.45, 7) is 12.7. The van der Waals surface area contributed by atoms with E-state index in [0.29, 0.717) is 6.61 Å². The van der Waals surface area contributed by atoms with Crippen LogP contribution >= 0.6 is 0 Å². The second kappa shape index (κ2) is 5.25. The average Bonchev–Trinajstić information content (AvgIpc) is 2.91. The Morgan fingerprint density at radius 3 is 2.04 bits per heavy atom. The maximum atomic E-state index is 11.3. The van der Waals surface area contributed by atoms with Crippen LogP contribution in [0.5, 0.6) is 0 Å². The molecule has 23 heavy (non-hydrogen) atoms. The maximum absolute atomic E-state index is 11.3. The summed E-state index contributed by atoms with van der Waals surface area (Å²) in [6, 6.07) is 4.07. The molecule has 1 N–H and O–H groups in total. The van der Waals surface area contributed by atoms with E-state index in [4.69, 9.17) is 14.0 Å². The smallest absolute Gasteiger partial charge is 0.447 e. The summed E-state index contributed by atoms with van der Waals surface area (Å²) in [4.78, 5) is 11.3. The molecule has 0 spiro atoms. The van der Waals surface area contributed by atoms with Crippen molar-refractivity contribution in [1.29, 1.82) is 0 Å². The molecule has 5 nitrogen and oxygen atoms in total. The first-order chi connectivity index (χ1) is 10.6. The van der Waals surface area contributed by atoms with E-state index in [0.717, 1.165) is 22.2 Å². The van der Waals surface area contributed by atoms with Crippen molar-refractivity contribution >= 4 is 18.7 Å². The predicted molar refractivity (Wildman–Crippen MR) is 88.9 cm³/mol. The number of nitrogens with one attached hydrogen (secondary N) is 1. The van der Waals surface area contributed by atoms with Crippen molar-refractivity contribution in [3.05, 3.63) is 28.8 Å². The van der Waals surface area contributed by atoms with Gasteiger partial charge < -0.3 is 19.4 Å². The Labute approximate surface area is 137 Å². The van der Waals surface area contributed by atoms with E-state index >= 15 is 0 Å². The number of carbonyl (C=O) groups is 1. The quantitative estimate of drug-likeness (QED) is 0.851. The Bertz CT molecular complexity index is 617. The fourth-order valence-electron chi connectivity index (χ4n) is 3.21. The van der Waals surface area contributed by atoms with E-state index in [2.05, 4.69) is 17.4 Å². The highest BCUT2D eigenvalue weighted by molar-refractivity contribution is 6.62. The second-order valence-electron chi connectivity index (χ2n) is 7.45. The van der Waals surface area contributed by atoms with Gasteiger partial charge in [-0.3, -0.25) is 0 Å². The number of hydrogen-bond acceptors (Lipinski definition) is 4. The number of aryl methyl sites for hydroxylation is 2. The van der Waals surface area contributed by atoms with Crippen molar-refractivity contribution in [2.24, 2.45) is 0 Å². The zero-order chi connectivity index (χ0) is 17.0. The average molecular weight is 317 g/mol. The monoisotopic (exact) mass is 317 g/mol. The first-order valence-electron chi connectivity index (χ1n) is 8.01. The first-order valence-corrected chi connectivity index (χ1v) is 8.01. The lowest BCUT2D eigenvalue weighted by Crippen LogP contribution is -2.41. The van der Waals surface area contributed by atoms with Crippen molar-refractivity contribution in [1.82, 2.24) is 5.32 Å². The van der Waals surface area contributed by atoms with Gasteiger partial charge in [0.2, 0.25) is 0 Å². The van der Waals surface area contributed by atoms with Gasteiger partial charge in [0, 0.05) is 0 Å². The summed E-state index contributed by atoms with van der Waals surface area (Å²) in [5.74, 6) is 0. The van der Waals surface area contributed by atoms with Gasteiger partial charge in [0.1, 0.15) is 6.61 Å². The topological polar surface area (TPSA) is 56.8 Å². The lowest BCUT2D eigenvalue weighted by atomic mass is 9.76. The molecule has 1 unspecified atom stereocenters. The summed E-state index contributed by atoms with van der Waals surface area (Å²) in [7, 11) is -0.374. The van der Waals surface area contributed by atoms with E-state index in [-0.39, 0.29) is 30.5 Å². The molecule has 3 rings (SSSR count). The summed E-state index contributed by atoms with van der Waals surface area (Å²) < 4.78 is 17.3. The number of alkyl carbamates (subject to hydrolysis) is 1. The normalized spacial score (nSPS) is 25.4. The molecule has 1 aromatic rings. The van der Waals surface area contributed by atoms with Crippen molar-refractivity contribution in [3.8, 4) is 0 Å². The van der Waals surface area contributed by atoms with E-state index in [1.165, 1.54) is 0 Å². The molecular weight excluding hydrogens is 293 g/mol. The minimum absolute atomic E-state index is 0.0881. The molecule has 0 saturated carbocycles. The molecule has 2 heterocycles. The van der Waals surface area contributed by atoms with Gasteiger partial charge in [-0.2, -0.15) is 0 Å². The van der Waals surface area contributed by atoms with Gasteiger partial charge in [0.05, 0.1) is 17.2 Å². The summed E-state index contributed by atoms with van der Waals surface area (Å²) >= 11 is 0. The molecular formula is C17H24BNO4. The van der Waals surface area contributed by atoms with Gasteiger partial charge in [0.25, 0.3) is 0 Å². The summed E-state index contributed by atoms with van der Waals surface area (Å²) in [5.41, 5.74) is 3.61. The highest BCUT2D eigenvalue weighted by Gasteiger charge is 2.51. The summed E-state index contributed by atoms with van der Waals surface area (Å²) in [6.07, 6.45) is -0.358. The molecule has 0 aromatic heterocycles. The molecule has 124 valence electrons. The molecule has 0 radical (unpaired) electrons. The van der Waals surface area contributed by atoms with Gasteiger partial charge in [-0.1, -0.05) is 12.1 Å². The SMILES string of the molecule is Cc1cc(B2OC(C)(C)C(C)(C)O2)cc(C)c1C1COC(=O)N1. The van der Waals surface area contributed by atoms with Gasteiger partial charge >= 0.3 is 13.2 Å². The largest absolute Gasteiger partial charge is 0.494 e. The Morgan fingerprint density at radius 2 is 1.61 bits per heavy atom. The van der Waals surface area contributed by atoms with Crippen LogP contribution in [0.2, 0.25) is 0 Å². The third kappa shape index (κ3) is 2.74. The number of carbonyl (C=O) groups excluding carboxylic acids is 1. The van der Waals surface area contributed by atoms with Crippen molar-refractivity contribution in [2.45, 2.75) is 58.8 Å². The van der Waals surface area contributed by atoms with Crippen LogP contribution in [0.15, 0.2) is 12.1 Å². The van der Waals surface area contributed by atoms with Crippen molar-refractivity contribution in [3.63, 3.8) is 0 Å². The van der Waals surface area contributed by atoms with E-state index in [9.17, 15) is 4.79 Å². The zero-order valence-corrected chi connectivity index (χ0v) is 14.6. The standard InChI is InChI=1S/C17H24BNO4/c1-10-7-12(18-22-16(3,4)17(5,6)23-18)8-11(2)14(10)13-9-21-15(20)19-13/h7-8,13H,9H2,1-6H3,(H,19,20). The number of rotatable bonds is 2. The lowest BCUT2D eigenvalue weighted by Gasteiger charge is -2.32. The molecule has 2 fully saturated rings. The van der Waals surface area contributed by atoms with Crippen LogP contribution in [0.25, 0.3) is 0 Å². The fourth-order valence-corrected chi connectivity index (χ4v) is 3.21. The number of hydrogen-bond donors (Lipinski definition) is 1. The van der Waals surface area contributed by atoms with Crippen LogP contribution in [0.1, 0.15) is 50.4 Å². The molecule has 1 atom stereocenters. The van der Waals surface area contributed by atoms with E-state index < -0.39 is 0 Å². The van der Waals surface area contributed by atoms with Crippen LogP contribution in [0.3, 0.4) is 0 Å². The molecule has 0 bridgehead atoms. The molecule has 2 saturated heterocycles. The Kier molecular flexibility index (Phi) is 3.73. The van der Waals surface area contributed by atoms with Crippen LogP contribution in [-0.2, 0) is 14.0 Å². The number of amides is 1. The molecule has 2 aliphatic heterocycles. The predicted octanol–water partition coefficient (Wildman–Crippen LogP) is 2.38. The Morgan fingerprint density at radius 1 is 1.09 bits per heavy atom. The van der Waals surface area contributed by atoms with E-state index in [1.807, 2.05) is 41.5 Å². The molecule has 1 aromatic carbocycles. The van der Waals surface area contributed by atoms with Crippen LogP contribution < -0.4 is 10.8 Å². The maximum Gasteiger partial charge on any atom is 0.494 e. The minimum Gasteiger partial charge on any atom is -0.447 e. The number of ether oxygens (including phenoxy) is 1. The first kappa shape index (κ1) is 16.3. The van der Waals surface area contributed by atoms with Gasteiger partial charge in [-0.25, -0.2) is 4.79 Å². The summed E-state index contributed by atoms with van der Waals surface area (Å²) in [5, 5.41) is 2.84. The minimum atomic E-state index is -0.374. The Balaban J connectivity index is 1.91. The number of benzene rings is 1. The van der Waals surface area contributed by atoms with Gasteiger partial charge in [-0.05, 0) is 63.7 Å². The highest BCUT2D eigenvalue weighted by Crippen LogP contribution is 2.37. The Hall–Kier alpha value is -1.53. The molecule has 0 aliphatic carbocycles. The number of cyclic esters (lactones) is 1. The highest BCUT2D eigenvalue weighted by atomic mass is 16.7. The zero-order valence-electron chi connectivity index (χ0n) is 14.6. The van der Waals surface area contributed by atoms with Crippen molar-refractivity contribution < 1.29 is 18.8 Å². The lowest BCUT2D eigenvalue weighted by molar-refractivity contribution is 0.00578.